The second-order valence-electron chi connectivity index (χ2n) is 6.53. The lowest BCUT2D eigenvalue weighted by Gasteiger charge is -2.32. The summed E-state index contributed by atoms with van der Waals surface area (Å²) in [6.07, 6.45) is 0. The molecule has 1 saturated heterocycles. The number of anilines is 1. The minimum Gasteiger partial charge on any atom is -0.399 e. The van der Waals surface area contributed by atoms with E-state index >= 15 is 0 Å². The molecule has 1 fully saturated rings. The lowest BCUT2D eigenvalue weighted by Crippen LogP contribution is -2.41. The van der Waals surface area contributed by atoms with Gasteiger partial charge in [-0.3, -0.25) is 0 Å². The quantitative estimate of drug-likeness (QED) is 0.763. The Morgan fingerprint density at radius 3 is 2.00 bits per heavy atom. The zero-order valence-electron chi connectivity index (χ0n) is 13.1. The van der Waals surface area contributed by atoms with Gasteiger partial charge in [0, 0.05) is 19.8 Å². The first-order chi connectivity index (χ1) is 8.64. The molecule has 1 heterocycles. The molecule has 0 aliphatic carbocycles. The summed E-state index contributed by atoms with van der Waals surface area (Å²) in [6.45, 7) is 10.4. The highest BCUT2D eigenvalue weighted by Gasteiger charge is 2.51. The van der Waals surface area contributed by atoms with Crippen LogP contribution in [0.3, 0.4) is 0 Å². The lowest BCUT2D eigenvalue weighted by molar-refractivity contribution is 0.00578. The van der Waals surface area contributed by atoms with Crippen LogP contribution < -0.4 is 10.4 Å². The Bertz CT molecular complexity index is 467. The lowest BCUT2D eigenvalue weighted by atomic mass is 9.78. The maximum atomic E-state index is 6.08. The summed E-state index contributed by atoms with van der Waals surface area (Å²) in [5.41, 5.74) is 2.95. The van der Waals surface area contributed by atoms with Crippen LogP contribution in [0.25, 0.3) is 0 Å². The Morgan fingerprint density at radius 1 is 1.00 bits per heavy atom. The molecule has 0 saturated carbocycles. The van der Waals surface area contributed by atoms with Gasteiger partial charge in [-0.1, -0.05) is 12.1 Å². The van der Waals surface area contributed by atoms with Crippen molar-refractivity contribution in [3.63, 3.8) is 0 Å². The summed E-state index contributed by atoms with van der Waals surface area (Å²) in [4.78, 5) is 2.12. The maximum absolute atomic E-state index is 6.08. The first-order valence-corrected chi connectivity index (χ1v) is 6.77. The molecule has 0 N–H and O–H groups in total. The molecule has 1 aromatic rings. The van der Waals surface area contributed by atoms with Gasteiger partial charge in [-0.15, -0.1) is 0 Å². The first-order valence-electron chi connectivity index (χ1n) is 6.77. The van der Waals surface area contributed by atoms with E-state index in [-0.39, 0.29) is 18.3 Å². The summed E-state index contributed by atoms with van der Waals surface area (Å²) in [7, 11) is 3.82. The number of hydrogen-bond donors (Lipinski definition) is 0. The van der Waals surface area contributed by atoms with Crippen molar-refractivity contribution in [3.05, 3.63) is 23.8 Å². The Kier molecular flexibility index (Phi) is 3.44. The number of rotatable bonds is 2. The third kappa shape index (κ3) is 2.52. The largest absolute Gasteiger partial charge is 0.494 e. The van der Waals surface area contributed by atoms with E-state index < -0.39 is 0 Å². The average Bonchev–Trinajstić information content (AvgIpc) is 2.48. The van der Waals surface area contributed by atoms with Crippen LogP contribution in [0.2, 0.25) is 0 Å². The first kappa shape index (κ1) is 14.4. The van der Waals surface area contributed by atoms with Crippen LogP contribution in [0.4, 0.5) is 5.69 Å². The van der Waals surface area contributed by atoms with Crippen LogP contribution in [0.15, 0.2) is 18.2 Å². The number of nitrogens with zero attached hydrogens (tertiary/aromatic N) is 1. The Hall–Kier alpha value is -0.995. The van der Waals surface area contributed by atoms with Gasteiger partial charge in [-0.25, -0.2) is 0 Å². The molecule has 0 bridgehead atoms. The smallest absolute Gasteiger partial charge is 0.399 e. The zero-order valence-corrected chi connectivity index (χ0v) is 13.1. The highest BCUT2D eigenvalue weighted by Crippen LogP contribution is 2.36. The van der Waals surface area contributed by atoms with Gasteiger partial charge in [-0.2, -0.15) is 0 Å². The topological polar surface area (TPSA) is 21.7 Å². The van der Waals surface area contributed by atoms with E-state index in [1.807, 2.05) is 0 Å². The van der Waals surface area contributed by atoms with Crippen LogP contribution in [0.5, 0.6) is 0 Å². The van der Waals surface area contributed by atoms with Crippen molar-refractivity contribution in [2.45, 2.75) is 45.8 Å². The van der Waals surface area contributed by atoms with Crippen molar-refractivity contribution in [2.24, 2.45) is 0 Å². The number of benzene rings is 1. The van der Waals surface area contributed by atoms with Gasteiger partial charge in [-0.05, 0) is 51.7 Å². The molecule has 0 radical (unpaired) electrons. The van der Waals surface area contributed by atoms with E-state index in [2.05, 4.69) is 71.8 Å². The van der Waals surface area contributed by atoms with Crippen molar-refractivity contribution in [1.29, 1.82) is 0 Å². The molecule has 0 aromatic heterocycles. The van der Waals surface area contributed by atoms with E-state index in [4.69, 9.17) is 9.31 Å². The highest BCUT2D eigenvalue weighted by atomic mass is 16.7. The van der Waals surface area contributed by atoms with Gasteiger partial charge in [0.05, 0.1) is 11.2 Å². The zero-order chi connectivity index (χ0) is 14.4. The molecule has 0 spiro atoms. The van der Waals surface area contributed by atoms with Gasteiger partial charge in [0.15, 0.2) is 0 Å². The van der Waals surface area contributed by atoms with E-state index in [1.165, 1.54) is 11.3 Å². The fourth-order valence-electron chi connectivity index (χ4n) is 2.23. The molecule has 1 aliphatic heterocycles. The van der Waals surface area contributed by atoms with E-state index in [1.54, 1.807) is 0 Å². The maximum Gasteiger partial charge on any atom is 0.494 e. The van der Waals surface area contributed by atoms with Crippen LogP contribution in [-0.2, 0) is 9.31 Å². The van der Waals surface area contributed by atoms with E-state index in [9.17, 15) is 0 Å². The third-order valence-corrected chi connectivity index (χ3v) is 4.24. The second kappa shape index (κ2) is 4.53. The van der Waals surface area contributed by atoms with Gasteiger partial charge >= 0.3 is 7.12 Å². The molecule has 1 aliphatic rings. The Morgan fingerprint density at radius 2 is 1.53 bits per heavy atom. The summed E-state index contributed by atoms with van der Waals surface area (Å²) >= 11 is 0. The van der Waals surface area contributed by atoms with E-state index in [0.717, 1.165) is 5.46 Å². The second-order valence-corrected chi connectivity index (χ2v) is 6.53. The molecule has 2 rings (SSSR count). The normalized spacial score (nSPS) is 20.7. The summed E-state index contributed by atoms with van der Waals surface area (Å²) in [6, 6.07) is 6.36. The van der Waals surface area contributed by atoms with Crippen LogP contribution in [-0.4, -0.2) is 32.4 Å². The molecule has 0 amide bonds. The van der Waals surface area contributed by atoms with Gasteiger partial charge in [0.2, 0.25) is 0 Å². The van der Waals surface area contributed by atoms with Crippen LogP contribution in [0, 0.1) is 6.92 Å². The van der Waals surface area contributed by atoms with Crippen LogP contribution >= 0.6 is 0 Å². The average molecular weight is 261 g/mol. The fourth-order valence-corrected chi connectivity index (χ4v) is 2.23. The summed E-state index contributed by atoms with van der Waals surface area (Å²) in [5.74, 6) is 0. The van der Waals surface area contributed by atoms with Gasteiger partial charge in [0.25, 0.3) is 0 Å². The molecule has 1 aromatic carbocycles. The van der Waals surface area contributed by atoms with Crippen molar-refractivity contribution >= 4 is 18.3 Å². The fraction of sp³-hybridized carbons (Fsp3) is 0.600. The standard InChI is InChI=1S/C15H24BNO2/c1-11-8-9-12(10-13(11)17(6)7)16-18-14(2,3)15(4,5)19-16/h8-10H,1-7H3. The predicted octanol–water partition coefficient (Wildman–Crippen LogP) is 2.36. The molecule has 3 nitrogen and oxygen atoms in total. The monoisotopic (exact) mass is 261 g/mol. The molecular formula is C15H24BNO2. The third-order valence-electron chi connectivity index (χ3n) is 4.24. The molecule has 0 unspecified atom stereocenters. The van der Waals surface area contributed by atoms with Gasteiger partial charge < -0.3 is 14.2 Å². The van der Waals surface area contributed by atoms with Crippen molar-refractivity contribution in [3.8, 4) is 0 Å². The molecule has 0 atom stereocenters. The molecule has 104 valence electrons. The molecular weight excluding hydrogens is 237 g/mol. The minimum absolute atomic E-state index is 0.288. The Balaban J connectivity index is 2.32. The predicted molar refractivity (Wildman–Crippen MR) is 81.2 cm³/mol. The van der Waals surface area contributed by atoms with E-state index in [0.29, 0.717) is 0 Å². The minimum atomic E-state index is -0.291. The summed E-state index contributed by atoms with van der Waals surface area (Å²) < 4.78 is 12.2. The van der Waals surface area contributed by atoms with Crippen molar-refractivity contribution in [1.82, 2.24) is 0 Å². The number of aryl methyl sites for hydroxylation is 1. The highest BCUT2D eigenvalue weighted by molar-refractivity contribution is 6.62. The van der Waals surface area contributed by atoms with Gasteiger partial charge in [0.1, 0.15) is 0 Å². The molecule has 4 heteroatoms. The van der Waals surface area contributed by atoms with Crippen molar-refractivity contribution < 1.29 is 9.31 Å². The molecule has 19 heavy (non-hydrogen) atoms. The number of hydrogen-bond acceptors (Lipinski definition) is 3. The summed E-state index contributed by atoms with van der Waals surface area (Å²) in [5, 5.41) is 0. The Labute approximate surface area is 117 Å². The van der Waals surface area contributed by atoms with Crippen LogP contribution in [0.1, 0.15) is 33.3 Å². The SMILES string of the molecule is Cc1ccc(B2OC(C)(C)C(C)(C)O2)cc1N(C)C. The van der Waals surface area contributed by atoms with Crippen molar-refractivity contribution in [2.75, 3.05) is 19.0 Å².